The summed E-state index contributed by atoms with van der Waals surface area (Å²) in [6.07, 6.45) is 6.77. The number of hydrogen-bond donors (Lipinski definition) is 0. The molecule has 3 aliphatic heterocycles. The molecule has 0 aromatic carbocycles. The topological polar surface area (TPSA) is 29.5 Å². The monoisotopic (exact) mass is 277 g/mol. The summed E-state index contributed by atoms with van der Waals surface area (Å²) >= 11 is 0. The lowest BCUT2D eigenvalue weighted by Crippen LogP contribution is -2.53. The van der Waals surface area contributed by atoms with Crippen LogP contribution in [-0.4, -0.2) is 36.1 Å². The van der Waals surface area contributed by atoms with Crippen LogP contribution < -0.4 is 0 Å². The normalized spacial score (nSPS) is 51.3. The average molecular weight is 277 g/mol. The highest BCUT2D eigenvalue weighted by molar-refractivity contribution is 5.75. The van der Waals surface area contributed by atoms with Crippen LogP contribution in [0.15, 0.2) is 0 Å². The Hall–Kier alpha value is -0.570. The SMILES string of the molecule is CC[C@@H]1[C@H]2CCCCN3CC[C@H]([C@H]4[C@@H]1OC(=O)[C@@H]4C)[C@@H]23. The van der Waals surface area contributed by atoms with E-state index in [0.717, 1.165) is 12.0 Å². The molecule has 1 saturated carbocycles. The van der Waals surface area contributed by atoms with Gasteiger partial charge in [0.2, 0.25) is 0 Å². The van der Waals surface area contributed by atoms with Crippen LogP contribution in [0.4, 0.5) is 0 Å². The summed E-state index contributed by atoms with van der Waals surface area (Å²) < 4.78 is 5.86. The molecule has 0 radical (unpaired) electrons. The Morgan fingerprint density at radius 2 is 2.05 bits per heavy atom. The van der Waals surface area contributed by atoms with Gasteiger partial charge in [-0.3, -0.25) is 9.69 Å². The lowest BCUT2D eigenvalue weighted by atomic mass is 9.60. The van der Waals surface area contributed by atoms with Crippen LogP contribution in [0.2, 0.25) is 0 Å². The maximum absolute atomic E-state index is 12.1. The molecule has 0 amide bonds. The molecule has 1 aliphatic carbocycles. The fourth-order valence-corrected chi connectivity index (χ4v) is 6.04. The van der Waals surface area contributed by atoms with Crippen molar-refractivity contribution in [1.82, 2.24) is 4.90 Å². The first-order chi connectivity index (χ1) is 9.72. The molecule has 3 heteroatoms. The van der Waals surface area contributed by atoms with E-state index >= 15 is 0 Å². The van der Waals surface area contributed by atoms with Crippen LogP contribution in [0.5, 0.6) is 0 Å². The van der Waals surface area contributed by atoms with Gasteiger partial charge in [-0.1, -0.05) is 20.3 Å². The highest BCUT2D eigenvalue weighted by atomic mass is 16.6. The van der Waals surface area contributed by atoms with Crippen molar-refractivity contribution in [3.05, 3.63) is 0 Å². The largest absolute Gasteiger partial charge is 0.462 e. The van der Waals surface area contributed by atoms with Gasteiger partial charge in [-0.15, -0.1) is 0 Å². The van der Waals surface area contributed by atoms with Gasteiger partial charge in [-0.2, -0.15) is 0 Å². The van der Waals surface area contributed by atoms with Gasteiger partial charge in [-0.05, 0) is 50.6 Å². The minimum Gasteiger partial charge on any atom is -0.462 e. The van der Waals surface area contributed by atoms with Crippen LogP contribution in [0.3, 0.4) is 0 Å². The lowest BCUT2D eigenvalue weighted by molar-refractivity contribution is -0.148. The molecule has 3 saturated heterocycles. The number of hydrogen-bond acceptors (Lipinski definition) is 3. The van der Waals surface area contributed by atoms with Crippen molar-refractivity contribution >= 4 is 5.97 Å². The third kappa shape index (κ3) is 1.65. The number of rotatable bonds is 1. The number of carbonyl (C=O) groups is 1. The first-order valence-electron chi connectivity index (χ1n) is 8.67. The standard InChI is InChI=1S/C17H27NO2/c1-3-11-12-6-4-5-8-18-9-7-13(15(12)18)14-10(2)17(19)20-16(11)14/h10-16H,3-9H2,1-2H3/t10-,11-,12-,13-,14+,15-,16-/m1/s1. The molecule has 0 bridgehead atoms. The molecular formula is C17H27NO2. The van der Waals surface area contributed by atoms with Crippen molar-refractivity contribution in [2.45, 2.75) is 58.1 Å². The van der Waals surface area contributed by atoms with E-state index in [0.29, 0.717) is 17.8 Å². The van der Waals surface area contributed by atoms with Gasteiger partial charge in [0.25, 0.3) is 0 Å². The van der Waals surface area contributed by atoms with Crippen LogP contribution in [0, 0.1) is 29.6 Å². The molecule has 3 heterocycles. The number of ether oxygens (including phenoxy) is 1. The molecule has 0 spiro atoms. The maximum atomic E-state index is 12.1. The Bertz CT molecular complexity index is 410. The minimum atomic E-state index is 0.0772. The van der Waals surface area contributed by atoms with E-state index in [1.165, 1.54) is 45.2 Å². The van der Waals surface area contributed by atoms with Gasteiger partial charge >= 0.3 is 5.97 Å². The second-order valence-corrected chi connectivity index (χ2v) is 7.48. The molecule has 0 aromatic heterocycles. The van der Waals surface area contributed by atoms with Crippen LogP contribution >= 0.6 is 0 Å². The van der Waals surface area contributed by atoms with Gasteiger partial charge in [0.15, 0.2) is 0 Å². The number of esters is 1. The van der Waals surface area contributed by atoms with Crippen molar-refractivity contribution < 1.29 is 9.53 Å². The number of nitrogens with zero attached hydrogens (tertiary/aromatic N) is 1. The molecule has 112 valence electrons. The first kappa shape index (κ1) is 13.1. The van der Waals surface area contributed by atoms with E-state index < -0.39 is 0 Å². The predicted octanol–water partition coefficient (Wildman–Crippen LogP) is 2.69. The third-order valence-corrected chi connectivity index (χ3v) is 6.80. The summed E-state index contributed by atoms with van der Waals surface area (Å²) in [6.45, 7) is 6.95. The van der Waals surface area contributed by atoms with E-state index in [1.807, 2.05) is 0 Å². The summed E-state index contributed by atoms with van der Waals surface area (Å²) in [7, 11) is 0. The fraction of sp³-hybridized carbons (Fsp3) is 0.941. The lowest BCUT2D eigenvalue weighted by Gasteiger charge is -2.48. The van der Waals surface area contributed by atoms with E-state index in [4.69, 9.17) is 4.74 Å². The highest BCUT2D eigenvalue weighted by Gasteiger charge is 2.60. The fourth-order valence-electron chi connectivity index (χ4n) is 6.04. The quantitative estimate of drug-likeness (QED) is 0.690. The van der Waals surface area contributed by atoms with Gasteiger partial charge in [0, 0.05) is 17.9 Å². The molecule has 0 N–H and O–H groups in total. The van der Waals surface area contributed by atoms with E-state index in [1.54, 1.807) is 0 Å². The molecule has 4 aliphatic rings. The zero-order chi connectivity index (χ0) is 13.9. The minimum absolute atomic E-state index is 0.0772. The maximum Gasteiger partial charge on any atom is 0.309 e. The zero-order valence-corrected chi connectivity index (χ0v) is 12.8. The summed E-state index contributed by atoms with van der Waals surface area (Å²) in [6, 6.07) is 0.751. The molecule has 4 rings (SSSR count). The van der Waals surface area contributed by atoms with E-state index in [2.05, 4.69) is 18.7 Å². The second-order valence-electron chi connectivity index (χ2n) is 7.48. The summed E-state index contributed by atoms with van der Waals surface area (Å²) in [5.74, 6) is 2.80. The molecular weight excluding hydrogens is 250 g/mol. The van der Waals surface area contributed by atoms with Crippen molar-refractivity contribution in [2.75, 3.05) is 13.1 Å². The van der Waals surface area contributed by atoms with Gasteiger partial charge in [0.05, 0.1) is 5.92 Å². The van der Waals surface area contributed by atoms with Gasteiger partial charge < -0.3 is 4.74 Å². The van der Waals surface area contributed by atoms with Crippen LogP contribution in [-0.2, 0) is 9.53 Å². The summed E-state index contributed by atoms with van der Waals surface area (Å²) in [5, 5.41) is 0. The average Bonchev–Trinajstić information content (AvgIpc) is 2.89. The molecule has 3 nitrogen and oxygen atoms in total. The zero-order valence-electron chi connectivity index (χ0n) is 12.8. The summed E-state index contributed by atoms with van der Waals surface area (Å²) in [4.78, 5) is 14.9. The molecule has 7 atom stereocenters. The second kappa shape index (κ2) is 4.72. The smallest absolute Gasteiger partial charge is 0.309 e. The third-order valence-electron chi connectivity index (χ3n) is 6.80. The molecule has 0 aromatic rings. The van der Waals surface area contributed by atoms with Gasteiger partial charge in [-0.25, -0.2) is 0 Å². The van der Waals surface area contributed by atoms with Crippen molar-refractivity contribution in [3.63, 3.8) is 0 Å². The molecule has 20 heavy (non-hydrogen) atoms. The summed E-state index contributed by atoms with van der Waals surface area (Å²) in [5.41, 5.74) is 0. The Morgan fingerprint density at radius 1 is 1.20 bits per heavy atom. The number of carbonyl (C=O) groups excluding carboxylic acids is 1. The highest BCUT2D eigenvalue weighted by Crippen LogP contribution is 2.55. The molecule has 4 fully saturated rings. The first-order valence-corrected chi connectivity index (χ1v) is 8.67. The Morgan fingerprint density at radius 3 is 2.85 bits per heavy atom. The van der Waals surface area contributed by atoms with Crippen molar-refractivity contribution in [1.29, 1.82) is 0 Å². The Balaban J connectivity index is 1.74. The van der Waals surface area contributed by atoms with Crippen molar-refractivity contribution in [2.24, 2.45) is 29.6 Å². The molecule has 0 unspecified atom stereocenters. The predicted molar refractivity (Wildman–Crippen MR) is 77.1 cm³/mol. The van der Waals surface area contributed by atoms with Crippen LogP contribution in [0.1, 0.15) is 46.0 Å². The Labute approximate surface area is 122 Å². The van der Waals surface area contributed by atoms with E-state index in [9.17, 15) is 4.79 Å². The van der Waals surface area contributed by atoms with E-state index in [-0.39, 0.29) is 18.0 Å². The number of fused-ring (bicyclic) bond motifs is 2. The van der Waals surface area contributed by atoms with Crippen LogP contribution in [0.25, 0.3) is 0 Å². The van der Waals surface area contributed by atoms with Crippen molar-refractivity contribution in [3.8, 4) is 0 Å². The Kier molecular flexibility index (Phi) is 3.10. The van der Waals surface area contributed by atoms with Gasteiger partial charge in [0.1, 0.15) is 6.10 Å².